The Labute approximate surface area is 183 Å². The molecule has 2 aromatic carbocycles. The molecule has 2 aromatic heterocycles. The van der Waals surface area contributed by atoms with Gasteiger partial charge in [0.25, 0.3) is 0 Å². The molecule has 0 saturated heterocycles. The molecule has 5 nitrogen and oxygen atoms in total. The van der Waals surface area contributed by atoms with E-state index in [1.807, 2.05) is 0 Å². The van der Waals surface area contributed by atoms with Crippen molar-refractivity contribution < 1.29 is 26.7 Å². The van der Waals surface area contributed by atoms with Crippen molar-refractivity contribution in [2.24, 2.45) is 7.05 Å². The Balaban J connectivity index is 1.67. The maximum absolute atomic E-state index is 14.1. The molecule has 0 aliphatic carbocycles. The minimum Gasteiger partial charge on any atom is -0.437 e. The number of alkyl halides is 3. The van der Waals surface area contributed by atoms with E-state index in [0.29, 0.717) is 11.8 Å². The van der Waals surface area contributed by atoms with E-state index < -0.39 is 23.4 Å². The molecule has 0 amide bonds. The first-order valence-electron chi connectivity index (χ1n) is 9.00. The van der Waals surface area contributed by atoms with Crippen LogP contribution in [0.3, 0.4) is 0 Å². The van der Waals surface area contributed by atoms with E-state index in [2.05, 4.69) is 15.1 Å². The number of aromatic nitrogens is 4. The first-order valence-corrected chi connectivity index (χ1v) is 9.37. The van der Waals surface area contributed by atoms with E-state index in [1.165, 1.54) is 29.9 Å². The summed E-state index contributed by atoms with van der Waals surface area (Å²) >= 11 is 6.15. The zero-order valence-corrected chi connectivity index (χ0v) is 16.9. The monoisotopic (exact) mass is 466 g/mol. The van der Waals surface area contributed by atoms with Crippen molar-refractivity contribution in [3.8, 4) is 34.4 Å². The molecule has 0 saturated carbocycles. The van der Waals surface area contributed by atoms with Crippen LogP contribution in [0.4, 0.5) is 22.0 Å². The van der Waals surface area contributed by atoms with Crippen molar-refractivity contribution in [3.63, 3.8) is 0 Å². The number of hydrogen-bond acceptors (Lipinski definition) is 4. The summed E-state index contributed by atoms with van der Waals surface area (Å²) in [5, 5.41) is 4.25. The minimum absolute atomic E-state index is 0.0954. The Morgan fingerprint density at radius 3 is 2.34 bits per heavy atom. The average Bonchev–Trinajstić information content (AvgIpc) is 3.10. The summed E-state index contributed by atoms with van der Waals surface area (Å²) in [5.41, 5.74) is -0.847. The summed E-state index contributed by atoms with van der Waals surface area (Å²) < 4.78 is 73.1. The van der Waals surface area contributed by atoms with Gasteiger partial charge in [-0.15, -0.1) is 0 Å². The lowest BCUT2D eigenvalue weighted by Gasteiger charge is -2.10. The van der Waals surface area contributed by atoms with E-state index in [-0.39, 0.29) is 33.9 Å². The summed E-state index contributed by atoms with van der Waals surface area (Å²) in [7, 11) is 1.54. The van der Waals surface area contributed by atoms with E-state index in [1.54, 1.807) is 6.07 Å². The Hall–Kier alpha value is -3.53. The summed E-state index contributed by atoms with van der Waals surface area (Å²) in [6.07, 6.45) is -3.88. The van der Waals surface area contributed by atoms with E-state index in [4.69, 9.17) is 16.3 Å². The van der Waals surface area contributed by atoms with Gasteiger partial charge in [-0.2, -0.15) is 18.3 Å². The van der Waals surface area contributed by atoms with Gasteiger partial charge >= 0.3 is 6.18 Å². The molecular formula is C21H12ClF5N4O. The average molecular weight is 467 g/mol. The molecule has 0 aliphatic rings. The predicted molar refractivity (Wildman–Crippen MR) is 106 cm³/mol. The van der Waals surface area contributed by atoms with Gasteiger partial charge in [0, 0.05) is 24.9 Å². The molecule has 0 unspecified atom stereocenters. The number of halogens is 6. The Morgan fingerprint density at radius 2 is 1.72 bits per heavy atom. The van der Waals surface area contributed by atoms with Gasteiger partial charge in [-0.1, -0.05) is 17.7 Å². The summed E-state index contributed by atoms with van der Waals surface area (Å²) in [6.45, 7) is 0. The van der Waals surface area contributed by atoms with Crippen molar-refractivity contribution in [2.75, 3.05) is 0 Å². The van der Waals surface area contributed by atoms with Crippen LogP contribution in [0.1, 0.15) is 5.56 Å². The molecule has 0 spiro atoms. The first kappa shape index (κ1) is 21.7. The third kappa shape index (κ3) is 4.26. The van der Waals surface area contributed by atoms with Gasteiger partial charge in [-0.3, -0.25) is 0 Å². The number of nitrogens with zero attached hydrogens (tertiary/aromatic N) is 4. The van der Waals surface area contributed by atoms with Crippen LogP contribution in [0, 0.1) is 11.6 Å². The zero-order chi connectivity index (χ0) is 23.0. The van der Waals surface area contributed by atoms with Crippen LogP contribution in [0.15, 0.2) is 54.7 Å². The van der Waals surface area contributed by atoms with Crippen LogP contribution in [-0.4, -0.2) is 19.7 Å². The summed E-state index contributed by atoms with van der Waals surface area (Å²) in [5.74, 6) is -1.53. The maximum atomic E-state index is 14.1. The highest BCUT2D eigenvalue weighted by Gasteiger charge is 2.30. The van der Waals surface area contributed by atoms with Gasteiger partial charge in [0.1, 0.15) is 17.4 Å². The van der Waals surface area contributed by atoms with Gasteiger partial charge in [0.05, 0.1) is 16.1 Å². The number of rotatable bonds is 4. The summed E-state index contributed by atoms with van der Waals surface area (Å²) in [4.78, 5) is 7.87. The number of aryl methyl sites for hydroxylation is 1. The molecule has 0 fully saturated rings. The molecule has 0 atom stereocenters. The second-order valence-electron chi connectivity index (χ2n) is 6.61. The van der Waals surface area contributed by atoms with Crippen molar-refractivity contribution in [1.29, 1.82) is 0 Å². The maximum Gasteiger partial charge on any atom is 0.417 e. The highest BCUT2D eigenvalue weighted by molar-refractivity contribution is 6.32. The zero-order valence-electron chi connectivity index (χ0n) is 16.2. The highest BCUT2D eigenvalue weighted by atomic mass is 35.5. The Kier molecular flexibility index (Phi) is 5.55. The van der Waals surface area contributed by atoms with Crippen LogP contribution < -0.4 is 4.74 Å². The standard InChI is InChI=1S/C21H12ClF5N4O/c1-31-20(29-19(30-31)18-14(23)3-2-4-15(18)24)11-5-7-13(22)16(9-11)32-17-8-6-12(10-28-17)21(25,26)27/h2-10H,1H3. The lowest BCUT2D eigenvalue weighted by Crippen LogP contribution is -2.05. The lowest BCUT2D eigenvalue weighted by atomic mass is 10.2. The molecule has 4 rings (SSSR count). The molecule has 11 heteroatoms. The molecule has 32 heavy (non-hydrogen) atoms. The van der Waals surface area contributed by atoms with Crippen molar-refractivity contribution in [2.45, 2.75) is 6.18 Å². The number of pyridine rings is 1. The normalized spacial score (nSPS) is 11.6. The van der Waals surface area contributed by atoms with Gasteiger partial charge in [0.2, 0.25) is 5.88 Å². The molecule has 0 N–H and O–H groups in total. The quantitative estimate of drug-likeness (QED) is 0.332. The van der Waals surface area contributed by atoms with Gasteiger partial charge in [0.15, 0.2) is 11.6 Å². The smallest absolute Gasteiger partial charge is 0.417 e. The van der Waals surface area contributed by atoms with Gasteiger partial charge in [-0.05, 0) is 36.4 Å². The van der Waals surface area contributed by atoms with Gasteiger partial charge < -0.3 is 4.74 Å². The topological polar surface area (TPSA) is 52.8 Å². The minimum atomic E-state index is -4.52. The van der Waals surface area contributed by atoms with Gasteiger partial charge in [-0.25, -0.2) is 23.4 Å². The fourth-order valence-corrected chi connectivity index (χ4v) is 3.05. The fraction of sp³-hybridized carbons (Fsp3) is 0.0952. The number of ether oxygens (including phenoxy) is 1. The third-order valence-electron chi connectivity index (χ3n) is 4.42. The molecule has 0 bridgehead atoms. The van der Waals surface area contributed by atoms with Crippen LogP contribution in [0.2, 0.25) is 5.02 Å². The molecule has 164 valence electrons. The van der Waals surface area contributed by atoms with E-state index >= 15 is 0 Å². The molecule has 2 heterocycles. The summed E-state index contributed by atoms with van der Waals surface area (Å²) in [6, 6.07) is 9.85. The van der Waals surface area contributed by atoms with Crippen LogP contribution in [0.25, 0.3) is 22.8 Å². The number of benzene rings is 2. The fourth-order valence-electron chi connectivity index (χ4n) is 2.89. The second-order valence-corrected chi connectivity index (χ2v) is 7.02. The van der Waals surface area contributed by atoms with Crippen molar-refractivity contribution in [3.05, 3.63) is 76.9 Å². The van der Waals surface area contributed by atoms with Crippen molar-refractivity contribution in [1.82, 2.24) is 19.7 Å². The SMILES string of the molecule is Cn1nc(-c2c(F)cccc2F)nc1-c1ccc(Cl)c(Oc2ccc(C(F)(F)F)cn2)c1. The Morgan fingerprint density at radius 1 is 1.00 bits per heavy atom. The van der Waals surface area contributed by atoms with Crippen molar-refractivity contribution >= 4 is 11.6 Å². The lowest BCUT2D eigenvalue weighted by molar-refractivity contribution is -0.137. The first-order chi connectivity index (χ1) is 15.1. The van der Waals surface area contributed by atoms with E-state index in [9.17, 15) is 22.0 Å². The number of hydrogen-bond donors (Lipinski definition) is 0. The Bertz CT molecular complexity index is 1270. The third-order valence-corrected chi connectivity index (χ3v) is 4.73. The molecular weight excluding hydrogens is 455 g/mol. The van der Waals surface area contributed by atoms with Crippen LogP contribution in [-0.2, 0) is 13.2 Å². The molecule has 0 aliphatic heterocycles. The van der Waals surface area contributed by atoms with Crippen LogP contribution >= 0.6 is 11.6 Å². The van der Waals surface area contributed by atoms with Crippen LogP contribution in [0.5, 0.6) is 11.6 Å². The van der Waals surface area contributed by atoms with E-state index in [0.717, 1.165) is 24.3 Å². The predicted octanol–water partition coefficient (Wildman–Crippen LogP) is 6.29. The molecule has 0 radical (unpaired) electrons. The highest BCUT2D eigenvalue weighted by Crippen LogP contribution is 2.35. The molecule has 4 aromatic rings. The largest absolute Gasteiger partial charge is 0.437 e. The second kappa shape index (κ2) is 8.19.